The third kappa shape index (κ3) is 4.91. The molecule has 180 valence electrons. The third-order valence-electron chi connectivity index (χ3n) is 6.79. The van der Waals surface area contributed by atoms with Crippen LogP contribution in [0.2, 0.25) is 0 Å². The van der Waals surface area contributed by atoms with Crippen LogP contribution < -0.4 is 5.56 Å². The van der Waals surface area contributed by atoms with E-state index < -0.39 is 0 Å². The molecule has 1 aliphatic rings. The molecule has 0 N–H and O–H groups in total. The molecule has 4 aromatic rings. The van der Waals surface area contributed by atoms with Gasteiger partial charge in [0.2, 0.25) is 0 Å². The molecule has 7 heteroatoms. The number of hydrogen-bond donors (Lipinski definition) is 0. The molecular formula is C28H27BrN2O2S2. The van der Waals surface area contributed by atoms with Crippen molar-refractivity contribution in [2.45, 2.75) is 45.2 Å². The molecule has 4 nitrogen and oxygen atoms in total. The number of aromatic nitrogens is 2. The average Bonchev–Trinajstić information content (AvgIpc) is 3.21. The number of benzene rings is 2. The van der Waals surface area contributed by atoms with Gasteiger partial charge in [0.05, 0.1) is 16.8 Å². The van der Waals surface area contributed by atoms with E-state index in [1.807, 2.05) is 54.6 Å². The maximum Gasteiger partial charge on any atom is 0.267 e. The second-order valence-electron chi connectivity index (χ2n) is 10.1. The molecule has 0 radical (unpaired) electrons. The van der Waals surface area contributed by atoms with Gasteiger partial charge in [0, 0.05) is 14.9 Å². The molecular weight excluding hydrogens is 540 g/mol. The predicted molar refractivity (Wildman–Crippen MR) is 149 cm³/mol. The van der Waals surface area contributed by atoms with Crippen LogP contribution >= 0.6 is 39.0 Å². The van der Waals surface area contributed by atoms with Crippen molar-refractivity contribution in [2.75, 3.05) is 5.75 Å². The van der Waals surface area contributed by atoms with E-state index in [2.05, 4.69) is 36.7 Å². The molecule has 0 aliphatic heterocycles. The van der Waals surface area contributed by atoms with Gasteiger partial charge in [-0.1, -0.05) is 78.8 Å². The summed E-state index contributed by atoms with van der Waals surface area (Å²) in [7, 11) is 0. The zero-order valence-corrected chi connectivity index (χ0v) is 23.2. The number of carbonyl (C=O) groups excluding carboxylic acids is 1. The number of carbonyl (C=O) groups is 1. The van der Waals surface area contributed by atoms with Crippen molar-refractivity contribution in [3.63, 3.8) is 0 Å². The van der Waals surface area contributed by atoms with Gasteiger partial charge in [-0.25, -0.2) is 4.98 Å². The molecule has 0 saturated carbocycles. The minimum absolute atomic E-state index is 0.00921. The van der Waals surface area contributed by atoms with E-state index >= 15 is 0 Å². The molecule has 1 aliphatic carbocycles. The summed E-state index contributed by atoms with van der Waals surface area (Å²) in [6.07, 6.45) is 3.00. The lowest BCUT2D eigenvalue weighted by Crippen LogP contribution is -2.27. The first-order chi connectivity index (χ1) is 16.7. The summed E-state index contributed by atoms with van der Waals surface area (Å²) in [5.74, 6) is 0.815. The van der Waals surface area contributed by atoms with Crippen molar-refractivity contribution in [2.24, 2.45) is 11.3 Å². The van der Waals surface area contributed by atoms with Gasteiger partial charge in [0.15, 0.2) is 10.9 Å². The van der Waals surface area contributed by atoms with Gasteiger partial charge < -0.3 is 0 Å². The second-order valence-corrected chi connectivity index (χ2v) is 13.0. The number of nitrogens with zero attached hydrogens (tertiary/aromatic N) is 2. The lowest BCUT2D eigenvalue weighted by molar-refractivity contribution is 0.102. The van der Waals surface area contributed by atoms with E-state index in [-0.39, 0.29) is 22.5 Å². The highest BCUT2D eigenvalue weighted by molar-refractivity contribution is 9.10. The molecule has 0 saturated heterocycles. The number of para-hydroxylation sites is 1. The molecule has 0 unspecified atom stereocenters. The van der Waals surface area contributed by atoms with Crippen molar-refractivity contribution in [1.82, 2.24) is 9.55 Å². The number of ketones is 1. The van der Waals surface area contributed by atoms with Crippen LogP contribution in [0, 0.1) is 11.3 Å². The molecule has 0 spiro atoms. The fraction of sp³-hybridized carbons (Fsp3) is 0.321. The molecule has 0 amide bonds. The van der Waals surface area contributed by atoms with Gasteiger partial charge in [-0.15, -0.1) is 11.3 Å². The summed E-state index contributed by atoms with van der Waals surface area (Å²) in [5, 5.41) is 1.31. The Morgan fingerprint density at radius 1 is 1.14 bits per heavy atom. The minimum atomic E-state index is -0.0356. The Bertz CT molecular complexity index is 1450. The van der Waals surface area contributed by atoms with Crippen LogP contribution in [0.1, 0.15) is 48.0 Å². The summed E-state index contributed by atoms with van der Waals surface area (Å²) in [5.41, 5.74) is 2.80. The molecule has 2 aromatic carbocycles. The maximum atomic E-state index is 13.9. The molecule has 35 heavy (non-hydrogen) atoms. The van der Waals surface area contributed by atoms with Crippen molar-refractivity contribution in [1.29, 1.82) is 0 Å². The van der Waals surface area contributed by atoms with Gasteiger partial charge in [0.25, 0.3) is 5.56 Å². The Hall–Kier alpha value is -2.22. The first-order valence-electron chi connectivity index (χ1n) is 11.8. The zero-order valence-electron chi connectivity index (χ0n) is 20.0. The number of aryl methyl sites for hydroxylation is 1. The van der Waals surface area contributed by atoms with Crippen LogP contribution in [0.15, 0.2) is 69.0 Å². The number of Topliss-reactive ketones (excluding diaryl/α,β-unsaturated/α-hetero) is 1. The highest BCUT2D eigenvalue weighted by Crippen LogP contribution is 2.42. The van der Waals surface area contributed by atoms with Crippen molar-refractivity contribution in [3.05, 3.63) is 85.4 Å². The fourth-order valence-electron chi connectivity index (χ4n) is 4.70. The highest BCUT2D eigenvalue weighted by Gasteiger charge is 2.32. The summed E-state index contributed by atoms with van der Waals surface area (Å²) in [4.78, 5) is 33.9. The van der Waals surface area contributed by atoms with Crippen molar-refractivity contribution in [3.8, 4) is 5.69 Å². The standard InChI is InChI=1S/C28H27BrN2O2S2/c1-28(2,3)18-11-14-21-23(15-18)35-25-24(21)26(33)31(20-7-5-4-6-8-20)27(30-25)34-16-22(32)17-9-12-19(29)13-10-17/h4-10,12-13,18H,11,14-16H2,1-3H3/t18-/m0/s1. The van der Waals surface area contributed by atoms with Gasteiger partial charge in [-0.3, -0.25) is 14.2 Å². The van der Waals surface area contributed by atoms with Gasteiger partial charge in [-0.05, 0) is 60.4 Å². The Labute approximate surface area is 221 Å². The topological polar surface area (TPSA) is 52.0 Å². The van der Waals surface area contributed by atoms with Crippen molar-refractivity contribution < 1.29 is 4.79 Å². The largest absolute Gasteiger partial charge is 0.293 e. The average molecular weight is 568 g/mol. The lowest BCUT2D eigenvalue weighted by Gasteiger charge is -2.33. The van der Waals surface area contributed by atoms with Gasteiger partial charge >= 0.3 is 0 Å². The lowest BCUT2D eigenvalue weighted by atomic mass is 9.72. The van der Waals surface area contributed by atoms with E-state index in [9.17, 15) is 9.59 Å². The fourth-order valence-corrected chi connectivity index (χ4v) is 7.21. The predicted octanol–water partition coefficient (Wildman–Crippen LogP) is 7.34. The maximum absolute atomic E-state index is 13.9. The SMILES string of the molecule is CC(C)(C)[C@H]1CCc2c(sc3nc(SCC(=O)c4ccc(Br)cc4)n(-c4ccccc4)c(=O)c23)C1. The molecule has 2 heterocycles. The molecule has 1 atom stereocenters. The molecule has 0 bridgehead atoms. The smallest absolute Gasteiger partial charge is 0.267 e. The Morgan fingerprint density at radius 2 is 1.86 bits per heavy atom. The van der Waals surface area contributed by atoms with Crippen LogP contribution in [-0.2, 0) is 12.8 Å². The first-order valence-corrected chi connectivity index (χ1v) is 14.4. The summed E-state index contributed by atoms with van der Waals surface area (Å²) in [6.45, 7) is 6.90. The number of hydrogen-bond acceptors (Lipinski definition) is 5. The number of halogens is 1. The summed E-state index contributed by atoms with van der Waals surface area (Å²) < 4.78 is 2.62. The molecule has 0 fully saturated rings. The normalized spacial score (nSPS) is 15.8. The summed E-state index contributed by atoms with van der Waals surface area (Å²) >= 11 is 6.39. The van der Waals surface area contributed by atoms with Crippen LogP contribution in [0.3, 0.4) is 0 Å². The number of thioether (sulfide) groups is 1. The number of rotatable bonds is 5. The van der Waals surface area contributed by atoms with Crippen LogP contribution in [0.5, 0.6) is 0 Å². The zero-order chi connectivity index (χ0) is 24.7. The highest BCUT2D eigenvalue weighted by atomic mass is 79.9. The molecule has 5 rings (SSSR count). The van der Waals surface area contributed by atoms with Crippen LogP contribution in [-0.4, -0.2) is 21.1 Å². The summed E-state index contributed by atoms with van der Waals surface area (Å²) in [6, 6.07) is 17.0. The van der Waals surface area contributed by atoms with Gasteiger partial charge in [0.1, 0.15) is 4.83 Å². The number of fused-ring (bicyclic) bond motifs is 3. The van der Waals surface area contributed by atoms with E-state index in [1.54, 1.807) is 15.9 Å². The van der Waals surface area contributed by atoms with E-state index in [4.69, 9.17) is 4.98 Å². The van der Waals surface area contributed by atoms with Gasteiger partial charge in [-0.2, -0.15) is 0 Å². The monoisotopic (exact) mass is 566 g/mol. The Balaban J connectivity index is 1.57. The van der Waals surface area contributed by atoms with E-state index in [1.165, 1.54) is 22.2 Å². The third-order valence-corrected chi connectivity index (χ3v) is 9.41. The quantitative estimate of drug-likeness (QED) is 0.144. The van der Waals surface area contributed by atoms with E-state index in [0.29, 0.717) is 16.6 Å². The minimum Gasteiger partial charge on any atom is -0.293 e. The molecule has 2 aromatic heterocycles. The Morgan fingerprint density at radius 3 is 2.54 bits per heavy atom. The van der Waals surface area contributed by atoms with Crippen LogP contribution in [0.25, 0.3) is 15.9 Å². The van der Waals surface area contributed by atoms with Crippen LogP contribution in [0.4, 0.5) is 0 Å². The van der Waals surface area contributed by atoms with Crippen molar-refractivity contribution >= 4 is 55.0 Å². The Kier molecular flexibility index (Phi) is 6.77. The number of thiophene rings is 1. The van der Waals surface area contributed by atoms with E-state index in [0.717, 1.165) is 39.6 Å². The first kappa shape index (κ1) is 24.5. The second kappa shape index (κ2) is 9.68.